The smallest absolute Gasteiger partial charge is 0.272 e. The fraction of sp³-hybridized carbons (Fsp3) is 0.333. The molecule has 0 bridgehead atoms. The Bertz CT molecular complexity index is 621. The van der Waals surface area contributed by atoms with Crippen LogP contribution >= 0.6 is 12.4 Å². The van der Waals surface area contributed by atoms with Crippen molar-refractivity contribution in [1.82, 2.24) is 20.8 Å². The van der Waals surface area contributed by atoms with Gasteiger partial charge in [0.05, 0.1) is 0 Å². The van der Waals surface area contributed by atoms with Gasteiger partial charge in [-0.3, -0.25) is 9.89 Å². The summed E-state index contributed by atoms with van der Waals surface area (Å²) in [6, 6.07) is 8.14. The number of carbonyl (C=O) groups is 1. The van der Waals surface area contributed by atoms with Crippen LogP contribution in [0.15, 0.2) is 24.3 Å². The molecule has 0 aliphatic carbocycles. The number of halogens is 1. The molecule has 2 aromatic rings. The summed E-state index contributed by atoms with van der Waals surface area (Å²) in [5.74, 6) is -0.119. The van der Waals surface area contributed by atoms with Crippen molar-refractivity contribution >= 4 is 18.3 Å². The lowest BCUT2D eigenvalue weighted by Gasteiger charge is -2.12. The zero-order valence-electron chi connectivity index (χ0n) is 11.9. The quantitative estimate of drug-likeness (QED) is 0.808. The fourth-order valence-corrected chi connectivity index (χ4v) is 2.39. The Balaban J connectivity index is 0.00000161. The van der Waals surface area contributed by atoms with Gasteiger partial charge in [-0.1, -0.05) is 29.8 Å². The second-order valence-corrected chi connectivity index (χ2v) is 5.12. The number of nitrogens with one attached hydrogen (secondary N) is 3. The molecule has 1 aromatic heterocycles. The molecule has 3 rings (SSSR count). The van der Waals surface area contributed by atoms with E-state index in [1.807, 2.05) is 31.2 Å². The van der Waals surface area contributed by atoms with Crippen molar-refractivity contribution in [3.63, 3.8) is 0 Å². The lowest BCUT2D eigenvalue weighted by Crippen LogP contribution is -2.28. The molecule has 0 saturated heterocycles. The average molecular weight is 307 g/mol. The summed E-state index contributed by atoms with van der Waals surface area (Å²) in [6.07, 6.45) is 0.896. The van der Waals surface area contributed by atoms with Crippen LogP contribution in [0.2, 0.25) is 0 Å². The monoisotopic (exact) mass is 306 g/mol. The van der Waals surface area contributed by atoms with E-state index in [1.165, 1.54) is 5.56 Å². The van der Waals surface area contributed by atoms with Crippen molar-refractivity contribution in [2.24, 2.45) is 0 Å². The van der Waals surface area contributed by atoms with Crippen molar-refractivity contribution in [2.75, 3.05) is 6.54 Å². The number of nitrogens with zero attached hydrogens (tertiary/aromatic N) is 1. The normalized spacial score (nSPS) is 13.2. The number of H-pyrrole nitrogens is 1. The minimum Gasteiger partial charge on any atom is -0.347 e. The van der Waals surface area contributed by atoms with E-state index in [2.05, 4.69) is 20.8 Å². The first-order valence-electron chi connectivity index (χ1n) is 6.84. The molecule has 5 nitrogen and oxygen atoms in total. The number of fused-ring (bicyclic) bond motifs is 1. The molecule has 21 heavy (non-hydrogen) atoms. The van der Waals surface area contributed by atoms with Crippen molar-refractivity contribution in [1.29, 1.82) is 0 Å². The van der Waals surface area contributed by atoms with E-state index in [1.54, 1.807) is 0 Å². The highest BCUT2D eigenvalue weighted by atomic mass is 35.5. The van der Waals surface area contributed by atoms with Crippen LogP contribution in [-0.2, 0) is 19.5 Å². The molecule has 2 heterocycles. The van der Waals surface area contributed by atoms with Crippen LogP contribution in [0.3, 0.4) is 0 Å². The summed E-state index contributed by atoms with van der Waals surface area (Å²) in [5, 5.41) is 13.3. The van der Waals surface area contributed by atoms with E-state index in [0.717, 1.165) is 29.8 Å². The van der Waals surface area contributed by atoms with Gasteiger partial charge in [0, 0.05) is 37.3 Å². The van der Waals surface area contributed by atoms with Gasteiger partial charge in [-0.2, -0.15) is 5.10 Å². The highest BCUT2D eigenvalue weighted by molar-refractivity contribution is 5.94. The maximum atomic E-state index is 12.2. The van der Waals surface area contributed by atoms with E-state index in [9.17, 15) is 4.79 Å². The number of aromatic amines is 1. The molecule has 1 aliphatic rings. The van der Waals surface area contributed by atoms with Crippen LogP contribution in [0, 0.1) is 6.92 Å². The summed E-state index contributed by atoms with van der Waals surface area (Å²) < 4.78 is 0. The molecule has 0 unspecified atom stereocenters. The molecule has 1 aliphatic heterocycles. The number of rotatable bonds is 3. The van der Waals surface area contributed by atoms with Crippen LogP contribution in [-0.4, -0.2) is 22.6 Å². The van der Waals surface area contributed by atoms with Gasteiger partial charge in [-0.05, 0) is 12.5 Å². The van der Waals surface area contributed by atoms with Gasteiger partial charge < -0.3 is 10.6 Å². The largest absolute Gasteiger partial charge is 0.347 e. The molecular weight excluding hydrogens is 288 g/mol. The number of hydrogen-bond donors (Lipinski definition) is 3. The van der Waals surface area contributed by atoms with Gasteiger partial charge in [-0.25, -0.2) is 0 Å². The third-order valence-electron chi connectivity index (χ3n) is 3.60. The van der Waals surface area contributed by atoms with Crippen molar-refractivity contribution in [3.05, 3.63) is 52.3 Å². The molecule has 0 spiro atoms. The number of aromatic nitrogens is 2. The summed E-state index contributed by atoms with van der Waals surface area (Å²) in [6.45, 7) is 4.21. The Hall–Kier alpha value is -1.85. The molecule has 0 radical (unpaired) electrons. The lowest BCUT2D eigenvalue weighted by molar-refractivity contribution is 0.0944. The van der Waals surface area contributed by atoms with E-state index < -0.39 is 0 Å². The number of amides is 1. The number of carbonyl (C=O) groups excluding carboxylic acids is 1. The summed E-state index contributed by atoms with van der Waals surface area (Å²) >= 11 is 0. The van der Waals surface area contributed by atoms with Crippen LogP contribution in [0.5, 0.6) is 0 Å². The molecule has 1 aromatic carbocycles. The zero-order chi connectivity index (χ0) is 13.9. The molecule has 1 amide bonds. The highest BCUT2D eigenvalue weighted by Gasteiger charge is 2.21. The third kappa shape index (κ3) is 3.43. The first kappa shape index (κ1) is 15.5. The second kappa shape index (κ2) is 6.74. The number of aryl methyl sites for hydroxylation is 1. The van der Waals surface area contributed by atoms with Gasteiger partial charge in [0.15, 0.2) is 5.69 Å². The van der Waals surface area contributed by atoms with Crippen LogP contribution in [0.25, 0.3) is 0 Å². The Morgan fingerprint density at radius 2 is 2.10 bits per heavy atom. The standard InChI is InChI=1S/C15H18N4O.ClH/c1-10-2-4-11(5-3-10)8-17-15(20)14-12-9-16-7-6-13(12)18-19-14;/h2-5,16H,6-9H2,1H3,(H,17,20)(H,18,19);1H. The predicted molar refractivity (Wildman–Crippen MR) is 83.6 cm³/mol. The van der Waals surface area contributed by atoms with Crippen molar-refractivity contribution in [2.45, 2.75) is 26.4 Å². The minimum atomic E-state index is -0.119. The van der Waals surface area contributed by atoms with Gasteiger partial charge in [0.25, 0.3) is 5.91 Å². The van der Waals surface area contributed by atoms with Gasteiger partial charge in [0.2, 0.25) is 0 Å². The predicted octanol–water partition coefficient (Wildman–Crippen LogP) is 1.72. The molecule has 6 heteroatoms. The zero-order valence-corrected chi connectivity index (χ0v) is 12.7. The maximum Gasteiger partial charge on any atom is 0.272 e. The fourth-order valence-electron chi connectivity index (χ4n) is 2.39. The topological polar surface area (TPSA) is 69.8 Å². The summed E-state index contributed by atoms with van der Waals surface area (Å²) in [7, 11) is 0. The van der Waals surface area contributed by atoms with Gasteiger partial charge in [0.1, 0.15) is 0 Å². The van der Waals surface area contributed by atoms with Crippen LogP contribution < -0.4 is 10.6 Å². The highest BCUT2D eigenvalue weighted by Crippen LogP contribution is 2.15. The molecular formula is C15H19ClN4O. The maximum absolute atomic E-state index is 12.2. The van der Waals surface area contributed by atoms with Gasteiger partial charge in [-0.15, -0.1) is 12.4 Å². The molecule has 0 saturated carbocycles. The second-order valence-electron chi connectivity index (χ2n) is 5.12. The SMILES string of the molecule is Cc1ccc(CNC(=O)c2n[nH]c3c2CNCC3)cc1.Cl. The number of benzene rings is 1. The van der Waals surface area contributed by atoms with Crippen LogP contribution in [0.1, 0.15) is 32.9 Å². The Kier molecular flexibility index (Phi) is 4.98. The minimum absolute atomic E-state index is 0. The average Bonchev–Trinajstić information content (AvgIpc) is 2.90. The first-order valence-corrected chi connectivity index (χ1v) is 6.84. The van der Waals surface area contributed by atoms with E-state index in [-0.39, 0.29) is 18.3 Å². The Morgan fingerprint density at radius 1 is 1.33 bits per heavy atom. The summed E-state index contributed by atoms with van der Waals surface area (Å²) in [4.78, 5) is 12.2. The van der Waals surface area contributed by atoms with Gasteiger partial charge >= 0.3 is 0 Å². The van der Waals surface area contributed by atoms with E-state index >= 15 is 0 Å². The van der Waals surface area contributed by atoms with E-state index in [4.69, 9.17) is 0 Å². The first-order chi connectivity index (χ1) is 9.74. The van der Waals surface area contributed by atoms with E-state index in [0.29, 0.717) is 18.8 Å². The Labute approximate surface area is 129 Å². The van der Waals surface area contributed by atoms with Crippen molar-refractivity contribution in [3.8, 4) is 0 Å². The molecule has 0 atom stereocenters. The molecule has 112 valence electrons. The number of hydrogen-bond acceptors (Lipinski definition) is 3. The summed E-state index contributed by atoms with van der Waals surface area (Å²) in [5.41, 5.74) is 4.89. The van der Waals surface area contributed by atoms with Crippen molar-refractivity contribution < 1.29 is 4.79 Å². The molecule has 0 fully saturated rings. The van der Waals surface area contributed by atoms with Crippen LogP contribution in [0.4, 0.5) is 0 Å². The molecule has 3 N–H and O–H groups in total. The Morgan fingerprint density at radius 3 is 2.86 bits per heavy atom. The lowest BCUT2D eigenvalue weighted by atomic mass is 10.1. The third-order valence-corrected chi connectivity index (χ3v) is 3.60.